The van der Waals surface area contributed by atoms with E-state index >= 15 is 0 Å². The predicted molar refractivity (Wildman–Crippen MR) is 192 cm³/mol. The topological polar surface area (TPSA) is 161 Å². The van der Waals surface area contributed by atoms with Crippen molar-refractivity contribution in [2.75, 3.05) is 35.9 Å². The molecule has 2 aliphatic rings. The number of benzene rings is 2. The summed E-state index contributed by atoms with van der Waals surface area (Å²) in [5.74, 6) is -0.131. The van der Waals surface area contributed by atoms with Gasteiger partial charge >= 0.3 is 23.2 Å². The fraction of sp³-hybridized carbons (Fsp3) is 0.444. The van der Waals surface area contributed by atoms with Crippen LogP contribution in [0.1, 0.15) is 56.5 Å². The first-order valence-electron chi connectivity index (χ1n) is 16.9. The molecule has 4 unspecified atom stereocenters. The zero-order valence-corrected chi connectivity index (χ0v) is 30.0. The highest BCUT2D eigenvalue weighted by molar-refractivity contribution is 7.82. The Hall–Kier alpha value is -5.07. The monoisotopic (exact) mass is 718 g/mol. The van der Waals surface area contributed by atoms with Crippen molar-refractivity contribution in [1.82, 2.24) is 14.6 Å². The SMILES string of the molecule is [C-]#[N+]c1cn2[nH]c(-c3ccc(N4CCOCC4)c(NS(=O)Oc4cc(C)ccc4OC(C)C(=O)O)c3)nc2c1C(=O)OC1C(C)CC(C)CC1C. The maximum Gasteiger partial charge on any atom is 0.344 e. The number of carbonyl (C=O) groups excluding carboxylic acids is 1. The number of aromatic amines is 1. The third kappa shape index (κ3) is 7.82. The Bertz CT molecular complexity index is 1980. The van der Waals surface area contributed by atoms with E-state index in [-0.39, 0.29) is 46.3 Å². The third-order valence-electron chi connectivity index (χ3n) is 9.37. The molecular weight excluding hydrogens is 676 g/mol. The molecule has 1 saturated heterocycles. The molecule has 1 aliphatic heterocycles. The second-order valence-electron chi connectivity index (χ2n) is 13.5. The minimum atomic E-state index is -2.14. The van der Waals surface area contributed by atoms with Crippen LogP contribution >= 0.6 is 0 Å². The van der Waals surface area contributed by atoms with Crippen molar-refractivity contribution < 1.29 is 37.3 Å². The number of morpholine rings is 1. The number of nitrogens with zero attached hydrogens (tertiary/aromatic N) is 4. The van der Waals surface area contributed by atoms with Gasteiger partial charge in [-0.25, -0.2) is 19.4 Å². The number of hydrogen-bond acceptors (Lipinski definition) is 9. The molecule has 2 aromatic heterocycles. The molecule has 270 valence electrons. The van der Waals surface area contributed by atoms with Crippen LogP contribution < -0.4 is 18.5 Å². The fourth-order valence-electron chi connectivity index (χ4n) is 7.00. The molecule has 4 aromatic rings. The van der Waals surface area contributed by atoms with Crippen LogP contribution in [0.3, 0.4) is 0 Å². The quantitative estimate of drug-likeness (QED) is 0.121. The molecule has 0 bridgehead atoms. The van der Waals surface area contributed by atoms with Gasteiger partial charge in [0.05, 0.1) is 31.2 Å². The molecule has 4 atom stereocenters. The van der Waals surface area contributed by atoms with E-state index in [0.717, 1.165) is 24.1 Å². The molecule has 0 spiro atoms. The summed E-state index contributed by atoms with van der Waals surface area (Å²) in [6.45, 7) is 19.6. The van der Waals surface area contributed by atoms with Crippen LogP contribution in [-0.4, -0.2) is 74.4 Å². The average Bonchev–Trinajstić information content (AvgIpc) is 3.66. The van der Waals surface area contributed by atoms with Crippen LogP contribution in [0, 0.1) is 31.2 Å². The van der Waals surface area contributed by atoms with Crippen LogP contribution in [0.4, 0.5) is 17.1 Å². The van der Waals surface area contributed by atoms with E-state index < -0.39 is 29.3 Å². The van der Waals surface area contributed by atoms with Crippen molar-refractivity contribution in [1.29, 1.82) is 0 Å². The van der Waals surface area contributed by atoms with E-state index in [9.17, 15) is 18.9 Å². The van der Waals surface area contributed by atoms with Gasteiger partial charge in [0, 0.05) is 24.8 Å². The van der Waals surface area contributed by atoms with Crippen molar-refractivity contribution in [2.45, 2.75) is 59.7 Å². The van der Waals surface area contributed by atoms with E-state index in [1.165, 1.54) is 17.6 Å². The van der Waals surface area contributed by atoms with Crippen LogP contribution in [0.5, 0.6) is 11.5 Å². The molecule has 3 N–H and O–H groups in total. The van der Waals surface area contributed by atoms with Crippen molar-refractivity contribution in [3.8, 4) is 22.9 Å². The number of carboxylic acids is 1. The standard InChI is InChI=1S/C36H42N6O8S/c1-20-7-10-29(48-24(5)35(43)44)30(17-20)50-51(46)40-26-18-25(8-9-28(26)41-11-13-47-14-12-41)33-38-34-31(27(37-6)19-42(34)39-33)36(45)49-32-22(3)15-21(2)16-23(32)4/h7-10,17-19,21-24,32,40H,11-16H2,1-5H3,(H,38,39)(H,43,44). The maximum atomic E-state index is 13.6. The molecule has 0 amide bonds. The number of aryl methyl sites for hydroxylation is 1. The molecule has 1 aliphatic carbocycles. The number of aromatic nitrogens is 3. The number of rotatable bonds is 11. The molecule has 15 heteroatoms. The lowest BCUT2D eigenvalue weighted by Gasteiger charge is -2.37. The van der Waals surface area contributed by atoms with E-state index in [2.05, 4.69) is 40.3 Å². The first kappa shape index (κ1) is 35.7. The third-order valence-corrected chi connectivity index (χ3v) is 10.1. The number of anilines is 2. The summed E-state index contributed by atoms with van der Waals surface area (Å²) in [6, 6.07) is 10.4. The summed E-state index contributed by atoms with van der Waals surface area (Å²) in [4.78, 5) is 35.5. The number of esters is 1. The normalized spacial score (nSPS) is 21.8. The van der Waals surface area contributed by atoms with Crippen molar-refractivity contribution >= 4 is 45.9 Å². The largest absolute Gasteiger partial charge is 0.479 e. The summed E-state index contributed by atoms with van der Waals surface area (Å²) >= 11 is -2.14. The zero-order valence-electron chi connectivity index (χ0n) is 29.2. The first-order chi connectivity index (χ1) is 24.4. The number of nitrogens with one attached hydrogen (secondary N) is 2. The van der Waals surface area contributed by atoms with Crippen LogP contribution in [0.2, 0.25) is 0 Å². The van der Waals surface area contributed by atoms with Gasteiger partial charge in [-0.05, 0) is 80.3 Å². The number of carbonyl (C=O) groups is 2. The van der Waals surface area contributed by atoms with Gasteiger partial charge in [-0.2, -0.15) is 4.21 Å². The number of aliphatic carboxylic acids is 1. The molecular formula is C36H42N6O8S. The molecule has 14 nitrogen and oxygen atoms in total. The Labute approximate surface area is 298 Å². The number of carboxylic acid groups (broad SMARTS) is 1. The van der Waals surface area contributed by atoms with E-state index in [4.69, 9.17) is 29.9 Å². The summed E-state index contributed by atoms with van der Waals surface area (Å²) in [5, 5.41) is 12.5. The summed E-state index contributed by atoms with van der Waals surface area (Å²) in [6.07, 6.45) is 2.05. The second-order valence-corrected chi connectivity index (χ2v) is 14.3. The Kier molecular flexibility index (Phi) is 10.5. The number of fused-ring (bicyclic) bond motifs is 1. The summed E-state index contributed by atoms with van der Waals surface area (Å²) in [7, 11) is 0. The zero-order chi connectivity index (χ0) is 36.4. The molecule has 0 radical (unpaired) electrons. The Morgan fingerprint density at radius 2 is 1.84 bits per heavy atom. The van der Waals surface area contributed by atoms with Gasteiger partial charge in [-0.3, -0.25) is 14.3 Å². The van der Waals surface area contributed by atoms with Crippen molar-refractivity contribution in [3.63, 3.8) is 0 Å². The van der Waals surface area contributed by atoms with Gasteiger partial charge in [-0.1, -0.05) is 26.8 Å². The highest BCUT2D eigenvalue weighted by Gasteiger charge is 2.36. The highest BCUT2D eigenvalue weighted by Crippen LogP contribution is 2.38. The van der Waals surface area contributed by atoms with Crippen molar-refractivity contribution in [2.24, 2.45) is 17.8 Å². The van der Waals surface area contributed by atoms with Crippen LogP contribution in [0.25, 0.3) is 21.9 Å². The van der Waals surface area contributed by atoms with E-state index in [1.54, 1.807) is 24.3 Å². The Morgan fingerprint density at radius 1 is 1.12 bits per heavy atom. The minimum Gasteiger partial charge on any atom is -0.479 e. The first-order valence-corrected chi connectivity index (χ1v) is 18.0. The van der Waals surface area contributed by atoms with Gasteiger partial charge < -0.3 is 28.4 Å². The van der Waals surface area contributed by atoms with E-state index in [1.807, 2.05) is 19.1 Å². The second kappa shape index (κ2) is 15.0. The minimum absolute atomic E-state index is 0.108. The van der Waals surface area contributed by atoms with Gasteiger partial charge in [0.15, 0.2) is 29.1 Å². The fourth-order valence-corrected chi connectivity index (χ4v) is 7.68. The van der Waals surface area contributed by atoms with Crippen molar-refractivity contribution in [3.05, 3.63) is 65.1 Å². The number of hydrogen-bond donors (Lipinski definition) is 3. The predicted octanol–water partition coefficient (Wildman–Crippen LogP) is 6.17. The smallest absolute Gasteiger partial charge is 0.344 e. The van der Waals surface area contributed by atoms with Gasteiger partial charge in [0.25, 0.3) is 0 Å². The van der Waals surface area contributed by atoms with Gasteiger partial charge in [0.2, 0.25) is 5.69 Å². The van der Waals surface area contributed by atoms with Crippen LogP contribution in [0.15, 0.2) is 42.6 Å². The Balaban J connectivity index is 1.30. The average molecular weight is 719 g/mol. The molecule has 2 fully saturated rings. The number of H-pyrrole nitrogens is 1. The molecule has 3 heterocycles. The molecule has 2 aromatic carbocycles. The lowest BCUT2D eigenvalue weighted by molar-refractivity contribution is -0.144. The summed E-state index contributed by atoms with van der Waals surface area (Å²) in [5.41, 5.74) is 3.15. The summed E-state index contributed by atoms with van der Waals surface area (Å²) < 4.78 is 40.9. The van der Waals surface area contributed by atoms with Crippen LogP contribution in [-0.2, 0) is 25.5 Å². The lowest BCUT2D eigenvalue weighted by atomic mass is 9.75. The van der Waals surface area contributed by atoms with E-state index in [0.29, 0.717) is 49.3 Å². The maximum absolute atomic E-state index is 13.6. The molecule has 51 heavy (non-hydrogen) atoms. The Morgan fingerprint density at radius 3 is 2.53 bits per heavy atom. The molecule has 6 rings (SSSR count). The number of ether oxygens (including phenoxy) is 3. The molecule has 1 saturated carbocycles. The lowest BCUT2D eigenvalue weighted by Crippen LogP contribution is -2.37. The highest BCUT2D eigenvalue weighted by atomic mass is 32.2. The van der Waals surface area contributed by atoms with Gasteiger partial charge in [-0.15, -0.1) is 0 Å². The van der Waals surface area contributed by atoms with Gasteiger partial charge in [0.1, 0.15) is 11.7 Å².